The average Bonchev–Trinajstić information content (AvgIpc) is 2.41. The maximum Gasteiger partial charge on any atom is 0.387 e. The molecule has 1 aliphatic rings. The van der Waals surface area contributed by atoms with Crippen molar-refractivity contribution in [3.63, 3.8) is 0 Å². The fourth-order valence-corrected chi connectivity index (χ4v) is 2.19. The highest BCUT2D eigenvalue weighted by Gasteiger charge is 2.25. The SMILES string of the molecule is CCOc1c(OC(F)F)cccc1N1N=CCSC1=O. The Labute approximate surface area is 118 Å². The van der Waals surface area contributed by atoms with Gasteiger partial charge in [0.2, 0.25) is 0 Å². The number of carbonyl (C=O) groups is 1. The summed E-state index contributed by atoms with van der Waals surface area (Å²) in [5.41, 5.74) is 0.276. The van der Waals surface area contributed by atoms with Crippen LogP contribution >= 0.6 is 11.8 Å². The third-order valence-corrected chi connectivity index (χ3v) is 3.08. The molecule has 0 atom stereocenters. The van der Waals surface area contributed by atoms with E-state index in [4.69, 9.17) is 4.74 Å². The Kier molecular flexibility index (Phi) is 4.78. The van der Waals surface area contributed by atoms with Gasteiger partial charge < -0.3 is 9.47 Å². The molecule has 8 heteroatoms. The van der Waals surface area contributed by atoms with Crippen molar-refractivity contribution in [3.05, 3.63) is 18.2 Å². The molecule has 108 valence electrons. The molecule has 0 aliphatic carbocycles. The molecular weight excluding hydrogens is 290 g/mol. The molecule has 0 aromatic heterocycles. The Balaban J connectivity index is 2.43. The van der Waals surface area contributed by atoms with Gasteiger partial charge >= 0.3 is 11.9 Å². The number of anilines is 1. The minimum Gasteiger partial charge on any atom is -0.488 e. The molecular formula is C12H12F2N2O3S. The fourth-order valence-electron chi connectivity index (χ4n) is 1.64. The van der Waals surface area contributed by atoms with Crippen LogP contribution in [0.4, 0.5) is 19.3 Å². The number of hydrazone groups is 1. The predicted octanol–water partition coefficient (Wildman–Crippen LogP) is 3.35. The number of thioether (sulfide) groups is 1. The number of benzene rings is 1. The quantitative estimate of drug-likeness (QED) is 0.837. The summed E-state index contributed by atoms with van der Waals surface area (Å²) in [6, 6.07) is 4.41. The first kappa shape index (κ1) is 14.6. The monoisotopic (exact) mass is 302 g/mol. The van der Waals surface area contributed by atoms with Gasteiger partial charge in [-0.2, -0.15) is 18.9 Å². The number of nitrogens with zero attached hydrogens (tertiary/aromatic N) is 2. The minimum atomic E-state index is -2.97. The van der Waals surface area contributed by atoms with E-state index in [-0.39, 0.29) is 29.0 Å². The number of carbonyl (C=O) groups excluding carboxylic acids is 1. The molecule has 1 heterocycles. The Morgan fingerprint density at radius 3 is 2.95 bits per heavy atom. The van der Waals surface area contributed by atoms with Crippen LogP contribution in [0, 0.1) is 0 Å². The number of para-hydroxylation sites is 1. The summed E-state index contributed by atoms with van der Waals surface area (Å²) in [7, 11) is 0. The van der Waals surface area contributed by atoms with Crippen LogP contribution in [0.3, 0.4) is 0 Å². The van der Waals surface area contributed by atoms with Crippen LogP contribution in [0.1, 0.15) is 6.92 Å². The number of ether oxygens (including phenoxy) is 2. The van der Waals surface area contributed by atoms with E-state index in [9.17, 15) is 13.6 Å². The van der Waals surface area contributed by atoms with Crippen LogP contribution in [-0.4, -0.2) is 30.4 Å². The Bertz CT molecular complexity index is 525. The second kappa shape index (κ2) is 6.56. The zero-order valence-electron chi connectivity index (χ0n) is 10.6. The number of halogens is 2. The van der Waals surface area contributed by atoms with Gasteiger partial charge in [0.25, 0.3) is 0 Å². The van der Waals surface area contributed by atoms with Gasteiger partial charge in [0.1, 0.15) is 5.69 Å². The first-order valence-corrected chi connectivity index (χ1v) is 6.82. The minimum absolute atomic E-state index is 0.0725. The van der Waals surface area contributed by atoms with Crippen LogP contribution in [0.15, 0.2) is 23.3 Å². The van der Waals surface area contributed by atoms with E-state index in [0.29, 0.717) is 5.75 Å². The average molecular weight is 302 g/mol. The zero-order valence-corrected chi connectivity index (χ0v) is 11.4. The fraction of sp³-hybridized carbons (Fsp3) is 0.333. The first-order chi connectivity index (χ1) is 9.63. The molecule has 0 spiro atoms. The molecule has 20 heavy (non-hydrogen) atoms. The number of hydrogen-bond donors (Lipinski definition) is 0. The van der Waals surface area contributed by atoms with E-state index in [1.54, 1.807) is 19.2 Å². The highest BCUT2D eigenvalue weighted by atomic mass is 32.2. The van der Waals surface area contributed by atoms with Crippen molar-refractivity contribution < 1.29 is 23.0 Å². The Morgan fingerprint density at radius 2 is 2.30 bits per heavy atom. The van der Waals surface area contributed by atoms with Crippen LogP contribution in [0.25, 0.3) is 0 Å². The van der Waals surface area contributed by atoms with Crippen molar-refractivity contribution in [1.82, 2.24) is 0 Å². The van der Waals surface area contributed by atoms with Gasteiger partial charge in [0.05, 0.1) is 6.61 Å². The lowest BCUT2D eigenvalue weighted by molar-refractivity contribution is -0.0513. The molecule has 0 N–H and O–H groups in total. The second-order valence-corrected chi connectivity index (χ2v) is 4.57. The van der Waals surface area contributed by atoms with E-state index in [0.717, 1.165) is 16.8 Å². The summed E-state index contributed by atoms with van der Waals surface area (Å²) in [6.07, 6.45) is 1.56. The molecule has 0 fully saturated rings. The van der Waals surface area contributed by atoms with Gasteiger partial charge in [0, 0.05) is 12.0 Å². The van der Waals surface area contributed by atoms with Crippen molar-refractivity contribution >= 4 is 28.9 Å². The van der Waals surface area contributed by atoms with E-state index in [2.05, 4.69) is 9.84 Å². The van der Waals surface area contributed by atoms with Gasteiger partial charge in [-0.15, -0.1) is 0 Å². The number of hydrogen-bond acceptors (Lipinski definition) is 5. The largest absolute Gasteiger partial charge is 0.488 e. The summed E-state index contributed by atoms with van der Waals surface area (Å²) < 4.78 is 34.5. The molecule has 0 radical (unpaired) electrons. The third-order valence-electron chi connectivity index (χ3n) is 2.34. The van der Waals surface area contributed by atoms with Crippen LogP contribution in [0.5, 0.6) is 11.5 Å². The first-order valence-electron chi connectivity index (χ1n) is 5.83. The van der Waals surface area contributed by atoms with Crippen molar-refractivity contribution in [2.45, 2.75) is 13.5 Å². The molecule has 0 saturated heterocycles. The van der Waals surface area contributed by atoms with Crippen LogP contribution < -0.4 is 14.5 Å². The Morgan fingerprint density at radius 1 is 1.50 bits per heavy atom. The summed E-state index contributed by atoms with van der Waals surface area (Å²) in [5.74, 6) is 0.424. The lowest BCUT2D eigenvalue weighted by atomic mass is 10.2. The van der Waals surface area contributed by atoms with E-state index >= 15 is 0 Å². The second-order valence-electron chi connectivity index (χ2n) is 3.60. The number of rotatable bonds is 5. The van der Waals surface area contributed by atoms with Crippen LogP contribution in [-0.2, 0) is 0 Å². The predicted molar refractivity (Wildman–Crippen MR) is 73.1 cm³/mol. The number of amides is 1. The van der Waals surface area contributed by atoms with E-state index in [1.165, 1.54) is 12.1 Å². The summed E-state index contributed by atoms with van der Waals surface area (Å²) in [5, 5.41) is 4.76. The third kappa shape index (κ3) is 3.19. The van der Waals surface area contributed by atoms with Gasteiger partial charge in [-0.25, -0.2) is 0 Å². The van der Waals surface area contributed by atoms with Gasteiger partial charge in [-0.1, -0.05) is 17.8 Å². The maximum atomic E-state index is 12.4. The van der Waals surface area contributed by atoms with Gasteiger partial charge in [-0.05, 0) is 19.1 Å². The topological polar surface area (TPSA) is 51.1 Å². The lowest BCUT2D eigenvalue weighted by Gasteiger charge is -2.23. The Hall–Kier alpha value is -1.83. The summed E-state index contributed by atoms with van der Waals surface area (Å²) in [4.78, 5) is 11.8. The molecule has 1 aliphatic heterocycles. The molecule has 0 saturated carbocycles. The molecule has 1 amide bonds. The van der Waals surface area contributed by atoms with Crippen molar-refractivity contribution in [2.75, 3.05) is 17.4 Å². The normalized spacial score (nSPS) is 14.8. The molecule has 5 nitrogen and oxygen atoms in total. The summed E-state index contributed by atoms with van der Waals surface area (Å²) in [6.45, 7) is -1.02. The molecule has 1 aromatic rings. The van der Waals surface area contributed by atoms with Crippen molar-refractivity contribution in [3.8, 4) is 11.5 Å². The summed E-state index contributed by atoms with van der Waals surface area (Å²) >= 11 is 1.06. The maximum absolute atomic E-state index is 12.4. The van der Waals surface area contributed by atoms with Gasteiger partial charge in [0.15, 0.2) is 11.5 Å². The standard InChI is InChI=1S/C12H12F2N2O3S/c1-2-18-10-8(16-12(17)20-7-6-15-16)4-3-5-9(10)19-11(13)14/h3-6,11H,2,7H2,1H3. The van der Waals surface area contributed by atoms with E-state index < -0.39 is 6.61 Å². The lowest BCUT2D eigenvalue weighted by Crippen LogP contribution is -2.26. The smallest absolute Gasteiger partial charge is 0.387 e. The zero-order chi connectivity index (χ0) is 14.5. The van der Waals surface area contributed by atoms with E-state index in [1.807, 2.05) is 0 Å². The van der Waals surface area contributed by atoms with Crippen LogP contribution in [0.2, 0.25) is 0 Å². The number of alkyl halides is 2. The van der Waals surface area contributed by atoms with Crippen molar-refractivity contribution in [1.29, 1.82) is 0 Å². The van der Waals surface area contributed by atoms with Gasteiger partial charge in [-0.3, -0.25) is 4.79 Å². The molecule has 0 unspecified atom stereocenters. The molecule has 0 bridgehead atoms. The highest BCUT2D eigenvalue weighted by molar-refractivity contribution is 8.14. The van der Waals surface area contributed by atoms with Crippen molar-refractivity contribution in [2.24, 2.45) is 5.10 Å². The molecule has 2 rings (SSSR count). The highest BCUT2D eigenvalue weighted by Crippen LogP contribution is 2.40. The molecule has 1 aromatic carbocycles.